The molecule has 1 aliphatic heterocycles. The number of ether oxygens (including phenoxy) is 2. The molecule has 3 heterocycles. The zero-order valence-corrected chi connectivity index (χ0v) is 13.8. The largest absolute Gasteiger partial charge is 0.465 e. The third-order valence-corrected chi connectivity index (χ3v) is 3.87. The number of hydrogen-bond donors (Lipinski definition) is 0. The fraction of sp³-hybridized carbons (Fsp3) is 0.0500. The number of hydrogen-bond acceptors (Lipinski definition) is 6. The molecule has 0 N–H and O–H groups in total. The molecule has 3 aromatic rings. The number of fused-ring (bicyclic) bond motifs is 1. The Morgan fingerprint density at radius 1 is 1.23 bits per heavy atom. The third kappa shape index (κ3) is 2.88. The number of aromatic nitrogens is 1. The molecule has 0 saturated carbocycles. The lowest BCUT2D eigenvalue weighted by molar-refractivity contribution is 0.0734. The second-order valence-corrected chi connectivity index (χ2v) is 5.70. The highest BCUT2D eigenvalue weighted by atomic mass is 16.5. The summed E-state index contributed by atoms with van der Waals surface area (Å²) in [7, 11) is 0. The number of aryl methyl sites for hydroxylation is 1. The van der Waals surface area contributed by atoms with Crippen LogP contribution in [-0.2, 0) is 0 Å². The second kappa shape index (κ2) is 6.33. The van der Waals surface area contributed by atoms with Crippen LogP contribution in [0.3, 0.4) is 0 Å². The van der Waals surface area contributed by atoms with E-state index in [0.717, 1.165) is 0 Å². The number of furan rings is 1. The van der Waals surface area contributed by atoms with Crippen molar-refractivity contribution in [3.63, 3.8) is 0 Å². The molecule has 2 aromatic heterocycles. The highest BCUT2D eigenvalue weighted by Crippen LogP contribution is 2.37. The standard InChI is InChI=1S/C20H13NO5/c1-12-8-15(25-20(23)13-4-2-6-21-11-13)10-16-18(12)19(22)17(26-16)9-14-5-3-7-24-14/h2-11H,1H3/b17-9-. The summed E-state index contributed by atoms with van der Waals surface area (Å²) in [6.07, 6.45) is 6.04. The first kappa shape index (κ1) is 15.8. The maximum atomic E-state index is 12.5. The first-order valence-corrected chi connectivity index (χ1v) is 7.86. The van der Waals surface area contributed by atoms with Crippen LogP contribution in [0, 0.1) is 6.92 Å². The second-order valence-electron chi connectivity index (χ2n) is 5.70. The van der Waals surface area contributed by atoms with Crippen LogP contribution < -0.4 is 9.47 Å². The molecule has 0 unspecified atom stereocenters. The maximum absolute atomic E-state index is 12.5. The Labute approximate surface area is 148 Å². The van der Waals surface area contributed by atoms with E-state index >= 15 is 0 Å². The lowest BCUT2D eigenvalue weighted by atomic mass is 10.0. The summed E-state index contributed by atoms with van der Waals surface area (Å²) >= 11 is 0. The van der Waals surface area contributed by atoms with Crippen molar-refractivity contribution in [3.8, 4) is 11.5 Å². The molecule has 6 nitrogen and oxygen atoms in total. The lowest BCUT2D eigenvalue weighted by Gasteiger charge is -2.07. The Balaban J connectivity index is 1.62. The van der Waals surface area contributed by atoms with E-state index in [-0.39, 0.29) is 11.5 Å². The summed E-state index contributed by atoms with van der Waals surface area (Å²) in [5.41, 5.74) is 1.44. The van der Waals surface area contributed by atoms with Gasteiger partial charge in [0.15, 0.2) is 5.76 Å². The van der Waals surface area contributed by atoms with Crippen molar-refractivity contribution in [2.45, 2.75) is 6.92 Å². The number of nitrogens with zero attached hydrogens (tertiary/aromatic N) is 1. The molecule has 0 saturated heterocycles. The van der Waals surface area contributed by atoms with E-state index in [0.29, 0.717) is 33.9 Å². The molecule has 6 heteroatoms. The molecule has 4 rings (SSSR count). The SMILES string of the molecule is Cc1cc(OC(=O)c2cccnc2)cc2c1C(=O)/C(=C/c1ccco1)O2. The Hall–Kier alpha value is -3.67. The third-order valence-electron chi connectivity index (χ3n) is 3.87. The first-order valence-electron chi connectivity index (χ1n) is 7.86. The van der Waals surface area contributed by atoms with E-state index in [4.69, 9.17) is 13.9 Å². The van der Waals surface area contributed by atoms with Crippen molar-refractivity contribution >= 4 is 17.8 Å². The molecular weight excluding hydrogens is 334 g/mol. The van der Waals surface area contributed by atoms with Crippen LogP contribution in [0.25, 0.3) is 6.08 Å². The molecule has 0 bridgehead atoms. The summed E-state index contributed by atoms with van der Waals surface area (Å²) in [5, 5.41) is 0. The Morgan fingerprint density at radius 3 is 2.85 bits per heavy atom. The van der Waals surface area contributed by atoms with Gasteiger partial charge in [-0.25, -0.2) is 4.79 Å². The number of pyridine rings is 1. The predicted octanol–water partition coefficient (Wildman–Crippen LogP) is 3.82. The van der Waals surface area contributed by atoms with E-state index in [2.05, 4.69) is 4.98 Å². The molecule has 1 aromatic carbocycles. The van der Waals surface area contributed by atoms with Crippen molar-refractivity contribution in [1.82, 2.24) is 4.98 Å². The number of carbonyl (C=O) groups excluding carboxylic acids is 2. The van der Waals surface area contributed by atoms with Crippen LogP contribution in [0.1, 0.15) is 32.0 Å². The number of ketones is 1. The zero-order chi connectivity index (χ0) is 18.1. The van der Waals surface area contributed by atoms with Gasteiger partial charge in [-0.1, -0.05) is 0 Å². The summed E-state index contributed by atoms with van der Waals surface area (Å²) < 4.78 is 16.2. The average Bonchev–Trinajstić information content (AvgIpc) is 3.24. The number of benzene rings is 1. The van der Waals surface area contributed by atoms with E-state index < -0.39 is 5.97 Å². The van der Waals surface area contributed by atoms with Gasteiger partial charge in [-0.2, -0.15) is 0 Å². The summed E-state index contributed by atoms with van der Waals surface area (Å²) in [6, 6.07) is 9.86. The Morgan fingerprint density at radius 2 is 2.12 bits per heavy atom. The van der Waals surface area contributed by atoms with Gasteiger partial charge >= 0.3 is 5.97 Å². The summed E-state index contributed by atoms with van der Waals surface area (Å²) in [5.74, 6) is 0.548. The monoisotopic (exact) mass is 347 g/mol. The zero-order valence-electron chi connectivity index (χ0n) is 13.8. The number of rotatable bonds is 3. The van der Waals surface area contributed by atoms with Crippen molar-refractivity contribution < 1.29 is 23.5 Å². The highest BCUT2D eigenvalue weighted by Gasteiger charge is 2.30. The summed E-state index contributed by atoms with van der Waals surface area (Å²) in [6.45, 7) is 1.76. The van der Waals surface area contributed by atoms with Gasteiger partial charge in [0.2, 0.25) is 5.78 Å². The topological polar surface area (TPSA) is 78.6 Å². The van der Waals surface area contributed by atoms with E-state index in [9.17, 15) is 9.59 Å². The van der Waals surface area contributed by atoms with Gasteiger partial charge < -0.3 is 13.9 Å². The van der Waals surface area contributed by atoms with Gasteiger partial charge in [-0.05, 0) is 42.8 Å². The molecule has 128 valence electrons. The van der Waals surface area contributed by atoms with Gasteiger partial charge in [-0.15, -0.1) is 0 Å². The average molecular weight is 347 g/mol. The van der Waals surface area contributed by atoms with E-state index in [1.165, 1.54) is 24.6 Å². The van der Waals surface area contributed by atoms with Crippen molar-refractivity contribution in [2.75, 3.05) is 0 Å². The minimum atomic E-state index is -0.534. The normalized spacial score (nSPS) is 14.2. The van der Waals surface area contributed by atoms with Crippen LogP contribution >= 0.6 is 0 Å². The minimum absolute atomic E-state index is 0.161. The number of carbonyl (C=O) groups is 2. The molecular formula is C20H13NO5. The van der Waals surface area contributed by atoms with Crippen LogP contribution in [-0.4, -0.2) is 16.7 Å². The Kier molecular flexibility index (Phi) is 3.85. The van der Waals surface area contributed by atoms with Crippen LogP contribution in [0.15, 0.2) is 65.2 Å². The molecule has 26 heavy (non-hydrogen) atoms. The molecule has 0 aliphatic carbocycles. The molecule has 0 radical (unpaired) electrons. The van der Waals surface area contributed by atoms with Gasteiger partial charge in [0, 0.05) is 24.5 Å². The van der Waals surface area contributed by atoms with Gasteiger partial charge in [0.25, 0.3) is 0 Å². The van der Waals surface area contributed by atoms with Crippen LogP contribution in [0.4, 0.5) is 0 Å². The van der Waals surface area contributed by atoms with E-state index in [1.54, 1.807) is 43.5 Å². The number of Topliss-reactive ketones (excluding diaryl/α,β-unsaturated/α-hetero) is 1. The fourth-order valence-corrected chi connectivity index (χ4v) is 2.69. The number of esters is 1. The highest BCUT2D eigenvalue weighted by molar-refractivity contribution is 6.15. The van der Waals surface area contributed by atoms with Gasteiger partial charge in [0.1, 0.15) is 17.3 Å². The molecule has 0 fully saturated rings. The van der Waals surface area contributed by atoms with E-state index in [1.807, 2.05) is 0 Å². The van der Waals surface area contributed by atoms with Crippen LogP contribution in [0.5, 0.6) is 11.5 Å². The smallest absolute Gasteiger partial charge is 0.345 e. The Bertz CT molecular complexity index is 1020. The number of allylic oxidation sites excluding steroid dienone is 1. The summed E-state index contributed by atoms with van der Waals surface area (Å²) in [4.78, 5) is 28.6. The fourth-order valence-electron chi connectivity index (χ4n) is 2.69. The van der Waals surface area contributed by atoms with Crippen molar-refractivity contribution in [1.29, 1.82) is 0 Å². The van der Waals surface area contributed by atoms with Crippen molar-refractivity contribution in [2.24, 2.45) is 0 Å². The van der Waals surface area contributed by atoms with Crippen LogP contribution in [0.2, 0.25) is 0 Å². The quantitative estimate of drug-likeness (QED) is 0.407. The maximum Gasteiger partial charge on any atom is 0.345 e. The molecule has 1 aliphatic rings. The van der Waals surface area contributed by atoms with Crippen molar-refractivity contribution in [3.05, 3.63) is 83.3 Å². The minimum Gasteiger partial charge on any atom is -0.465 e. The molecule has 0 amide bonds. The van der Waals surface area contributed by atoms with Gasteiger partial charge in [-0.3, -0.25) is 9.78 Å². The molecule has 0 spiro atoms. The van der Waals surface area contributed by atoms with Gasteiger partial charge in [0.05, 0.1) is 17.4 Å². The predicted molar refractivity (Wildman–Crippen MR) is 92.0 cm³/mol. The first-order chi connectivity index (χ1) is 12.6. The lowest BCUT2D eigenvalue weighted by Crippen LogP contribution is -2.09. The molecule has 0 atom stereocenters.